The normalized spacial score (nSPS) is 11.8. The van der Waals surface area contributed by atoms with E-state index in [-0.39, 0.29) is 12.4 Å². The van der Waals surface area contributed by atoms with E-state index >= 15 is 0 Å². The Labute approximate surface area is 162 Å². The second-order valence-corrected chi connectivity index (χ2v) is 7.26. The highest BCUT2D eigenvalue weighted by Gasteiger charge is 2.24. The molecule has 148 valence electrons. The van der Waals surface area contributed by atoms with Gasteiger partial charge in [-0.2, -0.15) is 0 Å². The van der Waals surface area contributed by atoms with Gasteiger partial charge in [0.2, 0.25) is 0 Å². The van der Waals surface area contributed by atoms with Gasteiger partial charge in [0.1, 0.15) is 11.3 Å². The number of amides is 1. The van der Waals surface area contributed by atoms with Crippen LogP contribution in [0.5, 0.6) is 0 Å². The largest absolute Gasteiger partial charge is 0.443 e. The molecule has 28 heavy (non-hydrogen) atoms. The van der Waals surface area contributed by atoms with Crippen LogP contribution in [0.15, 0.2) is 30.3 Å². The molecule has 3 rings (SSSR count). The number of aryl methyl sites for hydroxylation is 1. The second kappa shape index (κ2) is 7.57. The molecule has 8 nitrogen and oxygen atoms in total. The predicted molar refractivity (Wildman–Crippen MR) is 104 cm³/mol. The average Bonchev–Trinajstić information content (AvgIpc) is 2.96. The fourth-order valence-electron chi connectivity index (χ4n) is 3.03. The molecule has 0 aliphatic rings. The monoisotopic (exact) mass is 385 g/mol. The summed E-state index contributed by atoms with van der Waals surface area (Å²) in [4.78, 5) is 38.8. The van der Waals surface area contributed by atoms with Crippen LogP contribution in [0, 0.1) is 6.92 Å². The fourth-order valence-corrected chi connectivity index (χ4v) is 3.03. The maximum Gasteiger partial charge on any atom is 0.419 e. The minimum Gasteiger partial charge on any atom is -0.443 e. The number of carbonyl (C=O) groups excluding carboxylic acids is 2. The minimum absolute atomic E-state index is 0.103. The van der Waals surface area contributed by atoms with E-state index in [1.54, 1.807) is 13.0 Å². The summed E-state index contributed by atoms with van der Waals surface area (Å²) >= 11 is 0. The lowest BCUT2D eigenvalue weighted by molar-refractivity contribution is -0.274. The van der Waals surface area contributed by atoms with Crippen LogP contribution in [0.2, 0.25) is 0 Å². The van der Waals surface area contributed by atoms with E-state index < -0.39 is 17.6 Å². The SMILES string of the molecule is COOCNC(=O)c1cc2c3ccccc3n(C(=O)OC(C)(C)C)c2c(C)n1. The topological polar surface area (TPSA) is 91.7 Å². The van der Waals surface area contributed by atoms with Gasteiger partial charge in [-0.25, -0.2) is 24.1 Å². The standard InChI is InChI=1S/C20H23N3O5/c1-12-17-14(10-15(22-12)18(24)21-11-27-26-5)13-8-6-7-9-16(13)23(17)19(25)28-20(2,3)4/h6-10H,11H2,1-5H3,(H,21,24). The van der Waals surface area contributed by atoms with Gasteiger partial charge in [0.05, 0.1) is 23.8 Å². The number of rotatable bonds is 4. The molecule has 0 aliphatic carbocycles. The summed E-state index contributed by atoms with van der Waals surface area (Å²) in [6, 6.07) is 9.12. The quantitative estimate of drug-likeness (QED) is 0.320. The van der Waals surface area contributed by atoms with Gasteiger partial charge in [-0.1, -0.05) is 18.2 Å². The summed E-state index contributed by atoms with van der Waals surface area (Å²) in [6.07, 6.45) is -0.491. The van der Waals surface area contributed by atoms with E-state index in [0.717, 1.165) is 10.8 Å². The number of pyridine rings is 1. The molecule has 8 heteroatoms. The molecule has 0 radical (unpaired) electrons. The number of nitrogens with zero attached hydrogens (tertiary/aromatic N) is 2. The van der Waals surface area contributed by atoms with E-state index in [2.05, 4.69) is 20.1 Å². The first-order valence-corrected chi connectivity index (χ1v) is 8.81. The van der Waals surface area contributed by atoms with Crippen LogP contribution in [-0.4, -0.2) is 41.0 Å². The van der Waals surface area contributed by atoms with Crippen LogP contribution in [0.4, 0.5) is 4.79 Å². The van der Waals surface area contributed by atoms with Gasteiger partial charge in [-0.3, -0.25) is 4.79 Å². The molecular formula is C20H23N3O5. The number of benzene rings is 1. The van der Waals surface area contributed by atoms with Crippen molar-refractivity contribution in [1.82, 2.24) is 14.9 Å². The third-order valence-electron chi connectivity index (χ3n) is 4.04. The highest BCUT2D eigenvalue weighted by Crippen LogP contribution is 2.31. The van der Waals surface area contributed by atoms with Crippen molar-refractivity contribution in [2.75, 3.05) is 13.8 Å². The molecular weight excluding hydrogens is 362 g/mol. The van der Waals surface area contributed by atoms with Crippen molar-refractivity contribution in [3.8, 4) is 0 Å². The molecule has 1 aromatic carbocycles. The maximum atomic E-state index is 12.9. The Morgan fingerprint density at radius 3 is 2.57 bits per heavy atom. The first kappa shape index (κ1) is 19.8. The number of para-hydroxylation sites is 1. The molecule has 0 bridgehead atoms. The molecule has 1 N–H and O–H groups in total. The smallest absolute Gasteiger partial charge is 0.419 e. The lowest BCUT2D eigenvalue weighted by atomic mass is 10.1. The second-order valence-electron chi connectivity index (χ2n) is 7.26. The Morgan fingerprint density at radius 1 is 1.18 bits per heavy atom. The lowest BCUT2D eigenvalue weighted by Crippen LogP contribution is -2.28. The molecule has 0 saturated carbocycles. The Morgan fingerprint density at radius 2 is 1.89 bits per heavy atom. The summed E-state index contributed by atoms with van der Waals surface area (Å²) in [7, 11) is 1.35. The van der Waals surface area contributed by atoms with Crippen molar-refractivity contribution < 1.29 is 24.1 Å². The number of fused-ring (bicyclic) bond motifs is 3. The summed E-state index contributed by atoms with van der Waals surface area (Å²) in [5, 5.41) is 4.13. The van der Waals surface area contributed by atoms with Crippen molar-refractivity contribution in [2.45, 2.75) is 33.3 Å². The van der Waals surface area contributed by atoms with Crippen molar-refractivity contribution in [3.63, 3.8) is 0 Å². The van der Waals surface area contributed by atoms with Crippen molar-refractivity contribution in [1.29, 1.82) is 0 Å². The zero-order valence-electron chi connectivity index (χ0n) is 16.5. The summed E-state index contributed by atoms with van der Waals surface area (Å²) in [5.74, 6) is -0.406. The van der Waals surface area contributed by atoms with Crippen molar-refractivity contribution >= 4 is 33.8 Å². The van der Waals surface area contributed by atoms with Gasteiger partial charge in [0, 0.05) is 10.8 Å². The lowest BCUT2D eigenvalue weighted by Gasteiger charge is -2.20. The maximum absolute atomic E-state index is 12.9. The number of hydrogen-bond acceptors (Lipinski definition) is 6. The van der Waals surface area contributed by atoms with Gasteiger partial charge in [-0.05, 0) is 39.8 Å². The first-order chi connectivity index (χ1) is 13.2. The van der Waals surface area contributed by atoms with E-state index in [1.807, 2.05) is 45.0 Å². The van der Waals surface area contributed by atoms with Crippen LogP contribution in [0.25, 0.3) is 21.8 Å². The summed E-state index contributed by atoms with van der Waals surface area (Å²) < 4.78 is 7.09. The van der Waals surface area contributed by atoms with E-state index in [4.69, 9.17) is 4.74 Å². The third-order valence-corrected chi connectivity index (χ3v) is 4.04. The molecule has 0 atom stereocenters. The zero-order chi connectivity index (χ0) is 20.5. The van der Waals surface area contributed by atoms with Crippen molar-refractivity contribution in [2.24, 2.45) is 0 Å². The molecule has 1 amide bonds. The van der Waals surface area contributed by atoms with Crippen LogP contribution in [-0.2, 0) is 14.5 Å². The zero-order valence-corrected chi connectivity index (χ0v) is 16.5. The Kier molecular flexibility index (Phi) is 5.35. The molecule has 0 spiro atoms. The Balaban J connectivity index is 2.17. The third kappa shape index (κ3) is 3.83. The first-order valence-electron chi connectivity index (χ1n) is 8.81. The number of carbonyl (C=O) groups is 2. The average molecular weight is 385 g/mol. The number of ether oxygens (including phenoxy) is 1. The molecule has 0 aliphatic heterocycles. The Hall–Kier alpha value is -2.97. The molecule has 2 aromatic heterocycles. The fraction of sp³-hybridized carbons (Fsp3) is 0.350. The Bertz CT molecular complexity index is 1050. The van der Waals surface area contributed by atoms with E-state index in [0.29, 0.717) is 16.7 Å². The molecule has 2 heterocycles. The highest BCUT2D eigenvalue weighted by molar-refractivity contribution is 6.14. The van der Waals surface area contributed by atoms with Crippen molar-refractivity contribution in [3.05, 3.63) is 41.7 Å². The highest BCUT2D eigenvalue weighted by atomic mass is 17.2. The van der Waals surface area contributed by atoms with E-state index in [9.17, 15) is 9.59 Å². The summed E-state index contributed by atoms with van der Waals surface area (Å²) in [5.41, 5.74) is 1.42. The van der Waals surface area contributed by atoms with Crippen LogP contribution in [0.3, 0.4) is 0 Å². The van der Waals surface area contributed by atoms with Gasteiger partial charge in [0.15, 0.2) is 6.73 Å². The van der Waals surface area contributed by atoms with Gasteiger partial charge in [-0.15, -0.1) is 0 Å². The van der Waals surface area contributed by atoms with Crippen LogP contribution >= 0.6 is 0 Å². The summed E-state index contributed by atoms with van der Waals surface area (Å²) in [6.45, 7) is 7.09. The number of hydrogen-bond donors (Lipinski definition) is 1. The van der Waals surface area contributed by atoms with Gasteiger partial charge >= 0.3 is 6.09 Å². The number of nitrogens with one attached hydrogen (secondary N) is 1. The molecule has 0 fully saturated rings. The molecule has 0 unspecified atom stereocenters. The van der Waals surface area contributed by atoms with Gasteiger partial charge < -0.3 is 10.1 Å². The minimum atomic E-state index is -0.642. The van der Waals surface area contributed by atoms with Crippen LogP contribution < -0.4 is 5.32 Å². The van der Waals surface area contributed by atoms with E-state index in [1.165, 1.54) is 11.7 Å². The number of aromatic nitrogens is 2. The van der Waals surface area contributed by atoms with Gasteiger partial charge in [0.25, 0.3) is 5.91 Å². The predicted octanol–water partition coefficient (Wildman–Crippen LogP) is 3.55. The molecule has 0 saturated heterocycles. The van der Waals surface area contributed by atoms with Crippen LogP contribution in [0.1, 0.15) is 37.0 Å². The molecule has 3 aromatic rings.